The average molecular weight is 531 g/mol. The van der Waals surface area contributed by atoms with Gasteiger partial charge in [-0.1, -0.05) is 83.5 Å². The molecule has 6 nitrogen and oxygen atoms in total. The molecule has 0 radical (unpaired) electrons. The fraction of sp³-hybridized carbons (Fsp3) is 0.394. The molecule has 0 saturated heterocycles. The summed E-state index contributed by atoms with van der Waals surface area (Å²) >= 11 is 0. The summed E-state index contributed by atoms with van der Waals surface area (Å²) in [6.45, 7) is 15.0. The maximum absolute atomic E-state index is 12.5. The number of phenolic OH excluding ortho intramolecular Hbond substituents is 1. The van der Waals surface area contributed by atoms with Gasteiger partial charge in [0.25, 0.3) is 0 Å². The smallest absolute Gasteiger partial charge is 0.240 e. The zero-order chi connectivity index (χ0) is 28.8. The molecule has 0 heterocycles. The third-order valence-corrected chi connectivity index (χ3v) is 6.53. The van der Waals surface area contributed by atoms with E-state index in [0.717, 1.165) is 27.8 Å². The maximum Gasteiger partial charge on any atom is 0.240 e. The quantitative estimate of drug-likeness (QED) is 0.231. The molecule has 0 spiro atoms. The Morgan fingerprint density at radius 1 is 0.897 bits per heavy atom. The highest BCUT2D eigenvalue weighted by Crippen LogP contribution is 2.40. The van der Waals surface area contributed by atoms with Crippen LogP contribution >= 0.6 is 0 Å². The summed E-state index contributed by atoms with van der Waals surface area (Å²) in [7, 11) is 1.59. The normalized spacial score (nSPS) is 12.0. The van der Waals surface area contributed by atoms with Crippen LogP contribution in [0.25, 0.3) is 0 Å². The van der Waals surface area contributed by atoms with Crippen LogP contribution in [0, 0.1) is 6.92 Å². The number of nitrogens with zero attached hydrogens (tertiary/aromatic N) is 1. The molecule has 0 unspecified atom stereocenters. The summed E-state index contributed by atoms with van der Waals surface area (Å²) in [6.07, 6.45) is 2.42. The highest BCUT2D eigenvalue weighted by molar-refractivity contribution is 5.83. The van der Waals surface area contributed by atoms with Gasteiger partial charge in [-0.2, -0.15) is 5.10 Å². The van der Waals surface area contributed by atoms with Crippen LogP contribution in [-0.4, -0.2) is 24.3 Å². The fourth-order valence-electron chi connectivity index (χ4n) is 4.20. The van der Waals surface area contributed by atoms with Crippen molar-refractivity contribution < 1.29 is 19.4 Å². The first-order chi connectivity index (χ1) is 18.3. The van der Waals surface area contributed by atoms with Gasteiger partial charge in [0.05, 0.1) is 13.3 Å². The summed E-state index contributed by atoms with van der Waals surface area (Å²) < 4.78 is 11.4. The molecule has 3 aromatic rings. The van der Waals surface area contributed by atoms with Gasteiger partial charge < -0.3 is 14.6 Å². The lowest BCUT2D eigenvalue weighted by molar-refractivity contribution is -0.121. The van der Waals surface area contributed by atoms with Gasteiger partial charge in [-0.3, -0.25) is 4.79 Å². The van der Waals surface area contributed by atoms with Gasteiger partial charge in [0.1, 0.15) is 12.4 Å². The number of aryl methyl sites for hydroxylation is 2. The van der Waals surface area contributed by atoms with Crippen LogP contribution in [0.3, 0.4) is 0 Å². The number of aromatic hydroxyl groups is 1. The number of nitrogens with one attached hydrogen (secondary N) is 1. The Bertz CT molecular complexity index is 1280. The molecule has 0 atom stereocenters. The van der Waals surface area contributed by atoms with E-state index < -0.39 is 0 Å². The predicted molar refractivity (Wildman–Crippen MR) is 158 cm³/mol. The lowest BCUT2D eigenvalue weighted by Crippen LogP contribution is -2.20. The average Bonchev–Trinajstić information content (AvgIpc) is 2.86. The standard InChI is InChI=1S/C33H42N2O4/c1-22-9-11-23(12-10-22)21-39-28-15-13-25(19-29(28)38-8)20-34-35-30(36)16-14-24-17-26(32(2,3)4)31(37)27(18-24)33(5,6)7/h9-13,15,17-20,37H,14,16,21H2,1-8H3,(H,35,36)/b34-20-. The molecular formula is C33H42N2O4. The molecule has 0 fully saturated rings. The van der Waals surface area contributed by atoms with E-state index >= 15 is 0 Å². The van der Waals surface area contributed by atoms with Crippen LogP contribution < -0.4 is 14.9 Å². The van der Waals surface area contributed by atoms with Gasteiger partial charge in [-0.15, -0.1) is 0 Å². The lowest BCUT2D eigenvalue weighted by atomic mass is 9.78. The molecule has 0 aliphatic carbocycles. The summed E-state index contributed by atoms with van der Waals surface area (Å²) in [5, 5.41) is 15.0. The summed E-state index contributed by atoms with van der Waals surface area (Å²) in [5.41, 5.74) is 8.05. The van der Waals surface area contributed by atoms with Gasteiger partial charge in [-0.25, -0.2) is 5.43 Å². The first kappa shape index (κ1) is 29.8. The van der Waals surface area contributed by atoms with Crippen LogP contribution in [0.2, 0.25) is 0 Å². The molecule has 0 saturated carbocycles. The van der Waals surface area contributed by atoms with Crippen molar-refractivity contribution in [3.63, 3.8) is 0 Å². The number of benzene rings is 3. The van der Waals surface area contributed by atoms with E-state index in [9.17, 15) is 9.90 Å². The fourth-order valence-corrected chi connectivity index (χ4v) is 4.20. The molecule has 0 aliphatic heterocycles. The zero-order valence-corrected chi connectivity index (χ0v) is 24.5. The molecule has 0 aliphatic rings. The summed E-state index contributed by atoms with van der Waals surface area (Å²) in [6, 6.07) is 17.7. The molecule has 2 N–H and O–H groups in total. The van der Waals surface area contributed by atoms with Crippen LogP contribution in [0.1, 0.15) is 81.3 Å². The Morgan fingerprint density at radius 3 is 2.08 bits per heavy atom. The molecule has 39 heavy (non-hydrogen) atoms. The highest BCUT2D eigenvalue weighted by atomic mass is 16.5. The molecule has 0 bridgehead atoms. The molecule has 3 rings (SSSR count). The first-order valence-corrected chi connectivity index (χ1v) is 13.3. The van der Waals surface area contributed by atoms with Crippen molar-refractivity contribution in [2.75, 3.05) is 7.11 Å². The molecule has 3 aromatic carbocycles. The first-order valence-electron chi connectivity index (χ1n) is 13.3. The number of amides is 1. The van der Waals surface area contributed by atoms with E-state index in [0.29, 0.717) is 30.3 Å². The van der Waals surface area contributed by atoms with Crippen LogP contribution in [0.4, 0.5) is 0 Å². The number of ether oxygens (including phenoxy) is 2. The minimum absolute atomic E-state index is 0.182. The third kappa shape index (κ3) is 8.34. The van der Waals surface area contributed by atoms with Gasteiger partial charge in [0, 0.05) is 6.42 Å². The van der Waals surface area contributed by atoms with Gasteiger partial charge in [0.15, 0.2) is 11.5 Å². The molecule has 1 amide bonds. The second-order valence-electron chi connectivity index (χ2n) is 12.0. The molecule has 0 aromatic heterocycles. The van der Waals surface area contributed by atoms with E-state index in [1.807, 2.05) is 42.5 Å². The number of hydrogen-bond donors (Lipinski definition) is 2. The predicted octanol–water partition coefficient (Wildman–Crippen LogP) is 6.97. The maximum atomic E-state index is 12.5. The summed E-state index contributed by atoms with van der Waals surface area (Å²) in [4.78, 5) is 12.5. The van der Waals surface area contributed by atoms with Crippen molar-refractivity contribution in [3.8, 4) is 17.2 Å². The third-order valence-electron chi connectivity index (χ3n) is 6.53. The van der Waals surface area contributed by atoms with Gasteiger partial charge >= 0.3 is 0 Å². The van der Waals surface area contributed by atoms with E-state index in [1.165, 1.54) is 5.56 Å². The van der Waals surface area contributed by atoms with Crippen LogP contribution in [0.15, 0.2) is 59.7 Å². The highest BCUT2D eigenvalue weighted by Gasteiger charge is 2.26. The number of phenols is 1. The van der Waals surface area contributed by atoms with E-state index in [-0.39, 0.29) is 23.2 Å². The summed E-state index contributed by atoms with van der Waals surface area (Å²) in [5.74, 6) is 1.39. The van der Waals surface area contributed by atoms with Gasteiger partial charge in [-0.05, 0) is 70.2 Å². The number of methoxy groups -OCH3 is 1. The second-order valence-corrected chi connectivity index (χ2v) is 12.0. The van der Waals surface area contributed by atoms with Crippen molar-refractivity contribution in [1.82, 2.24) is 5.43 Å². The van der Waals surface area contributed by atoms with Crippen LogP contribution in [0.5, 0.6) is 17.2 Å². The van der Waals surface area contributed by atoms with E-state index in [2.05, 4.69) is 71.1 Å². The second kappa shape index (κ2) is 12.4. The Labute approximate surface area is 233 Å². The van der Waals surface area contributed by atoms with Crippen molar-refractivity contribution in [3.05, 3.63) is 88.0 Å². The topological polar surface area (TPSA) is 80.2 Å². The molecule has 208 valence electrons. The zero-order valence-electron chi connectivity index (χ0n) is 24.5. The lowest BCUT2D eigenvalue weighted by Gasteiger charge is -2.28. The van der Waals surface area contributed by atoms with Crippen molar-refractivity contribution in [1.29, 1.82) is 0 Å². The minimum atomic E-state index is -0.213. The number of rotatable bonds is 9. The van der Waals surface area contributed by atoms with E-state index in [1.54, 1.807) is 13.3 Å². The number of carbonyl (C=O) groups is 1. The molecule has 6 heteroatoms. The van der Waals surface area contributed by atoms with Crippen molar-refractivity contribution in [2.45, 2.75) is 78.7 Å². The van der Waals surface area contributed by atoms with E-state index in [4.69, 9.17) is 9.47 Å². The number of carbonyl (C=O) groups excluding carboxylic acids is 1. The Hall–Kier alpha value is -3.80. The number of hydrogen-bond acceptors (Lipinski definition) is 5. The SMILES string of the molecule is COc1cc(/C=N\NC(=O)CCc2cc(C(C)(C)C)c(O)c(C(C)(C)C)c2)ccc1OCc1ccc(C)cc1. The largest absolute Gasteiger partial charge is 0.507 e. The molecular weight excluding hydrogens is 488 g/mol. The van der Waals surface area contributed by atoms with Crippen LogP contribution in [-0.2, 0) is 28.7 Å². The number of hydrazone groups is 1. The Balaban J connectivity index is 1.61. The van der Waals surface area contributed by atoms with Crippen molar-refractivity contribution in [2.24, 2.45) is 5.10 Å². The van der Waals surface area contributed by atoms with Gasteiger partial charge in [0.2, 0.25) is 5.91 Å². The minimum Gasteiger partial charge on any atom is -0.507 e. The van der Waals surface area contributed by atoms with Crippen molar-refractivity contribution >= 4 is 12.1 Å². The Kier molecular flexibility index (Phi) is 9.44. The Morgan fingerprint density at radius 2 is 1.51 bits per heavy atom. The monoisotopic (exact) mass is 530 g/mol.